The maximum atomic E-state index is 11.7. The highest BCUT2D eigenvalue weighted by Crippen LogP contribution is 2.64. The normalized spacial score (nSPS) is 39.5. The van der Waals surface area contributed by atoms with Crippen molar-refractivity contribution >= 4 is 5.97 Å². The molecular formula is C11H18O3. The van der Waals surface area contributed by atoms with Crippen LogP contribution in [-0.2, 0) is 9.53 Å². The second kappa shape index (κ2) is 2.96. The van der Waals surface area contributed by atoms with Crippen LogP contribution in [0.3, 0.4) is 0 Å². The lowest BCUT2D eigenvalue weighted by molar-refractivity contribution is -0.160. The van der Waals surface area contributed by atoms with Crippen molar-refractivity contribution < 1.29 is 14.6 Å². The van der Waals surface area contributed by atoms with Gasteiger partial charge in [-0.05, 0) is 25.2 Å². The largest absolute Gasteiger partial charge is 0.468 e. The van der Waals surface area contributed by atoms with Crippen LogP contribution in [0.5, 0.6) is 0 Å². The van der Waals surface area contributed by atoms with E-state index in [4.69, 9.17) is 4.74 Å². The quantitative estimate of drug-likeness (QED) is 0.684. The smallest absolute Gasteiger partial charge is 0.315 e. The maximum absolute atomic E-state index is 11.7. The Balaban J connectivity index is 2.25. The molecule has 0 heterocycles. The molecule has 0 bridgehead atoms. The first-order valence-electron chi connectivity index (χ1n) is 5.38. The number of methoxy groups -OCH3 is 1. The van der Waals surface area contributed by atoms with Crippen molar-refractivity contribution in [1.29, 1.82) is 0 Å². The summed E-state index contributed by atoms with van der Waals surface area (Å²) in [7, 11) is 1.41. The van der Waals surface area contributed by atoms with E-state index in [9.17, 15) is 9.90 Å². The molecule has 80 valence electrons. The summed E-state index contributed by atoms with van der Waals surface area (Å²) >= 11 is 0. The molecule has 2 unspecified atom stereocenters. The minimum absolute atomic E-state index is 0.214. The van der Waals surface area contributed by atoms with Crippen LogP contribution in [-0.4, -0.2) is 23.8 Å². The van der Waals surface area contributed by atoms with Crippen molar-refractivity contribution in [1.82, 2.24) is 0 Å². The van der Waals surface area contributed by atoms with E-state index in [1.165, 1.54) is 7.11 Å². The van der Waals surface area contributed by atoms with Crippen molar-refractivity contribution in [3.8, 4) is 0 Å². The average molecular weight is 198 g/mol. The van der Waals surface area contributed by atoms with E-state index in [2.05, 4.69) is 0 Å². The van der Waals surface area contributed by atoms with Crippen molar-refractivity contribution in [3.63, 3.8) is 0 Å². The second-order valence-corrected chi connectivity index (χ2v) is 4.81. The Morgan fingerprint density at radius 2 is 1.93 bits per heavy atom. The van der Waals surface area contributed by atoms with Crippen molar-refractivity contribution in [2.45, 2.75) is 44.6 Å². The Kier molecular flexibility index (Phi) is 2.11. The summed E-state index contributed by atoms with van der Waals surface area (Å²) in [6, 6.07) is 0. The third-order valence-electron chi connectivity index (χ3n) is 4.12. The third kappa shape index (κ3) is 1.05. The molecule has 0 aliphatic heterocycles. The maximum Gasteiger partial charge on any atom is 0.315 e. The Bertz CT molecular complexity index is 255. The molecule has 0 saturated heterocycles. The van der Waals surface area contributed by atoms with Gasteiger partial charge in [0, 0.05) is 0 Å². The number of carbonyl (C=O) groups excluding carboxylic acids is 1. The minimum atomic E-state index is -0.778. The molecule has 2 fully saturated rings. The van der Waals surface area contributed by atoms with Gasteiger partial charge in [0.05, 0.1) is 18.1 Å². The Labute approximate surface area is 84.4 Å². The van der Waals surface area contributed by atoms with Crippen LogP contribution in [0.15, 0.2) is 0 Å². The standard InChI is InChI=1S/C11H18O3/c1-8-7-11(8,9(12)14-2)10(13)5-3-4-6-10/h8,13H,3-7H2,1-2H3. The van der Waals surface area contributed by atoms with E-state index >= 15 is 0 Å². The summed E-state index contributed by atoms with van der Waals surface area (Å²) in [5.41, 5.74) is -1.35. The average Bonchev–Trinajstić information content (AvgIpc) is 2.66. The molecule has 0 radical (unpaired) electrons. The summed E-state index contributed by atoms with van der Waals surface area (Å²) in [4.78, 5) is 11.7. The Morgan fingerprint density at radius 3 is 2.29 bits per heavy atom. The van der Waals surface area contributed by atoms with Gasteiger partial charge in [0.15, 0.2) is 0 Å². The predicted molar refractivity (Wildman–Crippen MR) is 51.6 cm³/mol. The Morgan fingerprint density at radius 1 is 1.43 bits per heavy atom. The minimum Gasteiger partial charge on any atom is -0.468 e. The van der Waals surface area contributed by atoms with Gasteiger partial charge in [-0.25, -0.2) is 0 Å². The number of carbonyl (C=O) groups is 1. The van der Waals surface area contributed by atoms with E-state index in [1.807, 2.05) is 6.92 Å². The summed E-state index contributed by atoms with van der Waals surface area (Å²) < 4.78 is 4.83. The van der Waals surface area contributed by atoms with Crippen LogP contribution in [0, 0.1) is 11.3 Å². The van der Waals surface area contributed by atoms with Gasteiger partial charge in [0.2, 0.25) is 0 Å². The van der Waals surface area contributed by atoms with Crippen molar-refractivity contribution in [3.05, 3.63) is 0 Å². The van der Waals surface area contributed by atoms with Gasteiger partial charge in [-0.15, -0.1) is 0 Å². The van der Waals surface area contributed by atoms with Crippen LogP contribution in [0.25, 0.3) is 0 Å². The van der Waals surface area contributed by atoms with E-state index in [0.717, 1.165) is 32.1 Å². The Hall–Kier alpha value is -0.570. The first-order valence-corrected chi connectivity index (χ1v) is 5.38. The first-order chi connectivity index (χ1) is 6.57. The molecule has 0 aromatic rings. The second-order valence-electron chi connectivity index (χ2n) is 4.81. The number of rotatable bonds is 2. The zero-order valence-electron chi connectivity index (χ0n) is 8.88. The zero-order valence-corrected chi connectivity index (χ0v) is 8.88. The monoisotopic (exact) mass is 198 g/mol. The van der Waals surface area contributed by atoms with Crippen molar-refractivity contribution in [2.24, 2.45) is 11.3 Å². The number of hydrogen-bond donors (Lipinski definition) is 1. The number of aliphatic hydroxyl groups is 1. The SMILES string of the molecule is COC(=O)C1(C2(O)CCCC2)CC1C. The summed E-state index contributed by atoms with van der Waals surface area (Å²) in [5.74, 6) is 0.0625. The summed E-state index contributed by atoms with van der Waals surface area (Å²) in [6.45, 7) is 2.02. The lowest BCUT2D eigenvalue weighted by atomic mass is 9.81. The fourth-order valence-electron chi connectivity index (χ4n) is 3.14. The molecule has 3 heteroatoms. The lowest BCUT2D eigenvalue weighted by Gasteiger charge is -2.31. The fourth-order valence-corrected chi connectivity index (χ4v) is 3.14. The van der Waals surface area contributed by atoms with Gasteiger partial charge in [0.1, 0.15) is 0 Å². The van der Waals surface area contributed by atoms with Gasteiger partial charge < -0.3 is 9.84 Å². The number of ether oxygens (including phenoxy) is 1. The van der Waals surface area contributed by atoms with Crippen LogP contribution < -0.4 is 0 Å². The van der Waals surface area contributed by atoms with Gasteiger partial charge in [-0.2, -0.15) is 0 Å². The summed E-state index contributed by atoms with van der Waals surface area (Å²) in [5, 5.41) is 10.5. The molecule has 2 atom stereocenters. The van der Waals surface area contributed by atoms with Crippen LogP contribution in [0.2, 0.25) is 0 Å². The molecule has 14 heavy (non-hydrogen) atoms. The van der Waals surface area contributed by atoms with E-state index < -0.39 is 11.0 Å². The van der Waals surface area contributed by atoms with Crippen LogP contribution >= 0.6 is 0 Å². The highest BCUT2D eigenvalue weighted by atomic mass is 16.5. The van der Waals surface area contributed by atoms with Crippen molar-refractivity contribution in [2.75, 3.05) is 7.11 Å². The van der Waals surface area contributed by atoms with E-state index in [1.54, 1.807) is 0 Å². The van der Waals surface area contributed by atoms with Crippen LogP contribution in [0.1, 0.15) is 39.0 Å². The molecule has 3 nitrogen and oxygen atoms in total. The molecule has 2 rings (SSSR count). The fraction of sp³-hybridized carbons (Fsp3) is 0.909. The molecule has 0 aromatic heterocycles. The highest BCUT2D eigenvalue weighted by Gasteiger charge is 2.70. The molecule has 2 saturated carbocycles. The van der Waals surface area contributed by atoms with E-state index in [-0.39, 0.29) is 11.9 Å². The highest BCUT2D eigenvalue weighted by molar-refractivity contribution is 5.82. The molecule has 0 spiro atoms. The van der Waals surface area contributed by atoms with Gasteiger partial charge in [0.25, 0.3) is 0 Å². The van der Waals surface area contributed by atoms with Crippen LogP contribution in [0.4, 0.5) is 0 Å². The zero-order chi connectivity index (χ0) is 10.4. The number of esters is 1. The van der Waals surface area contributed by atoms with Gasteiger partial charge in [-0.1, -0.05) is 19.8 Å². The number of hydrogen-bond acceptors (Lipinski definition) is 3. The lowest BCUT2D eigenvalue weighted by Crippen LogP contribution is -2.43. The molecule has 2 aliphatic rings. The molecule has 0 amide bonds. The van der Waals surface area contributed by atoms with E-state index in [0.29, 0.717) is 0 Å². The molecule has 2 aliphatic carbocycles. The topological polar surface area (TPSA) is 46.5 Å². The van der Waals surface area contributed by atoms with Gasteiger partial charge >= 0.3 is 5.97 Å². The predicted octanol–water partition coefficient (Wildman–Crippen LogP) is 1.49. The first kappa shape index (κ1) is 9.97. The van der Waals surface area contributed by atoms with Gasteiger partial charge in [-0.3, -0.25) is 4.79 Å². The molecular weight excluding hydrogens is 180 g/mol. The molecule has 1 N–H and O–H groups in total. The third-order valence-corrected chi connectivity index (χ3v) is 4.12. The molecule has 0 aromatic carbocycles. The summed E-state index contributed by atoms with van der Waals surface area (Å²) in [6.07, 6.45) is 4.36.